The number of hydrogen-bond donors (Lipinski definition) is 0. The highest BCUT2D eigenvalue weighted by Gasteiger charge is 2.52. The van der Waals surface area contributed by atoms with Crippen LogP contribution in [0.25, 0.3) is 0 Å². The summed E-state index contributed by atoms with van der Waals surface area (Å²) in [6.45, 7) is 0. The van der Waals surface area contributed by atoms with Crippen LogP contribution in [0.15, 0.2) is 121 Å². The molecule has 0 aromatic heterocycles. The smallest absolute Gasteiger partial charge is 0.0238 e. The van der Waals surface area contributed by atoms with E-state index in [1.54, 1.807) is 0 Å². The molecule has 4 aromatic rings. The molecule has 0 saturated carbocycles. The lowest BCUT2D eigenvalue weighted by molar-refractivity contribution is 0.872. The van der Waals surface area contributed by atoms with Gasteiger partial charge in [-0.1, -0.05) is 121 Å². The van der Waals surface area contributed by atoms with Gasteiger partial charge in [-0.05, 0) is 37.0 Å². The summed E-state index contributed by atoms with van der Waals surface area (Å²) in [6, 6.07) is 44.8. The van der Waals surface area contributed by atoms with Crippen LogP contribution < -0.4 is 10.6 Å². The van der Waals surface area contributed by atoms with E-state index >= 15 is 0 Å². The molecule has 2 heteroatoms. The van der Waals surface area contributed by atoms with Crippen LogP contribution in [0.1, 0.15) is 22.4 Å². The van der Waals surface area contributed by atoms with Gasteiger partial charge in [0, 0.05) is 11.3 Å². The van der Waals surface area contributed by atoms with Crippen LogP contribution in [0.3, 0.4) is 0 Å². The second-order valence-electron chi connectivity index (χ2n) is 7.07. The molecule has 0 N–H and O–H groups in total. The highest BCUT2D eigenvalue weighted by molar-refractivity contribution is 8.39. The van der Waals surface area contributed by atoms with Crippen LogP contribution in [0.4, 0.5) is 0 Å². The summed E-state index contributed by atoms with van der Waals surface area (Å²) < 4.78 is 0. The third kappa shape index (κ3) is 3.22. The topological polar surface area (TPSA) is 0 Å². The van der Waals surface area contributed by atoms with E-state index < -0.39 is 0 Å². The van der Waals surface area contributed by atoms with Crippen LogP contribution in [0.2, 0.25) is 0 Å². The second-order valence-corrected chi connectivity index (χ2v) is 13.2. The maximum absolute atomic E-state index is 2.35. The molecule has 1 heterocycles. The van der Waals surface area contributed by atoms with Crippen molar-refractivity contribution < 1.29 is 0 Å². The lowest BCUT2D eigenvalue weighted by atomic mass is 10.0. The van der Waals surface area contributed by atoms with E-state index in [1.807, 2.05) is 0 Å². The number of benzene rings is 4. The van der Waals surface area contributed by atoms with Gasteiger partial charge in [-0.15, -0.1) is 0 Å². The molecule has 1 aliphatic rings. The Labute approximate surface area is 169 Å². The Kier molecular flexibility index (Phi) is 5.09. The first-order valence-corrected chi connectivity index (χ1v) is 13.2. The molecule has 4 aromatic carbocycles. The first-order valence-electron chi connectivity index (χ1n) is 9.72. The van der Waals surface area contributed by atoms with Crippen molar-refractivity contribution in [1.29, 1.82) is 0 Å². The summed E-state index contributed by atoms with van der Waals surface area (Å²) in [5.74, 6) is 0. The Morgan fingerprint density at radius 2 is 0.643 bits per heavy atom. The molecule has 1 saturated heterocycles. The van der Waals surface area contributed by atoms with E-state index in [4.69, 9.17) is 0 Å². The fraction of sp³-hybridized carbons (Fsp3) is 0.0769. The lowest BCUT2D eigenvalue weighted by Gasteiger charge is -2.54. The normalized spacial score (nSPS) is 23.7. The Morgan fingerprint density at radius 1 is 0.357 bits per heavy atom. The van der Waals surface area contributed by atoms with Crippen molar-refractivity contribution in [3.05, 3.63) is 132 Å². The first-order chi connectivity index (χ1) is 13.9. The Morgan fingerprint density at radius 3 is 0.964 bits per heavy atom. The average Bonchev–Trinajstić information content (AvgIpc) is 2.76. The van der Waals surface area contributed by atoms with Crippen molar-refractivity contribution in [2.75, 3.05) is 0 Å². The number of hydrogen-bond acceptors (Lipinski definition) is 0. The van der Waals surface area contributed by atoms with Gasteiger partial charge in [0.25, 0.3) is 0 Å². The van der Waals surface area contributed by atoms with Gasteiger partial charge < -0.3 is 0 Å². The molecule has 0 aliphatic carbocycles. The van der Waals surface area contributed by atoms with Crippen LogP contribution in [0.5, 0.6) is 0 Å². The van der Waals surface area contributed by atoms with E-state index in [9.17, 15) is 0 Å². The third-order valence-corrected chi connectivity index (χ3v) is 14.3. The highest BCUT2D eigenvalue weighted by atomic mass is 32.1. The molecule has 0 nitrogen and oxygen atoms in total. The van der Waals surface area contributed by atoms with Crippen molar-refractivity contribution in [1.82, 2.24) is 0 Å². The van der Waals surface area contributed by atoms with Crippen molar-refractivity contribution >= 4 is 25.8 Å². The quantitative estimate of drug-likeness (QED) is 0.325. The van der Waals surface area contributed by atoms with Crippen LogP contribution in [-0.2, 0) is 0 Å². The zero-order valence-corrected chi connectivity index (χ0v) is 17.4. The first kappa shape index (κ1) is 17.8. The van der Waals surface area contributed by atoms with Gasteiger partial charge in [0.1, 0.15) is 0 Å². The van der Waals surface area contributed by atoms with Gasteiger partial charge in [-0.2, -0.15) is 0 Å². The highest BCUT2D eigenvalue weighted by Crippen LogP contribution is 2.94. The Balaban J connectivity index is 1.67. The summed E-state index contributed by atoms with van der Waals surface area (Å²) in [5, 5.41) is 3.07. The van der Waals surface area contributed by atoms with E-state index in [1.165, 1.54) is 21.7 Å². The molecule has 1 fully saturated rings. The van der Waals surface area contributed by atoms with Gasteiger partial charge in [-0.3, -0.25) is 0 Å². The molecule has 0 bridgehead atoms. The lowest BCUT2D eigenvalue weighted by Crippen LogP contribution is -2.27. The molecule has 1 aliphatic heterocycles. The molecule has 136 valence electrons. The van der Waals surface area contributed by atoms with Gasteiger partial charge in [-0.25, -0.2) is 0 Å². The SMILES string of the molecule is c1ccc(C2C(c3ccccc3)P(c3ccccc3)P2c2ccccc2)cc1. The van der Waals surface area contributed by atoms with Gasteiger partial charge >= 0.3 is 0 Å². The second kappa shape index (κ2) is 8.00. The van der Waals surface area contributed by atoms with E-state index in [0.29, 0.717) is 11.3 Å². The van der Waals surface area contributed by atoms with Crippen molar-refractivity contribution in [3.8, 4) is 0 Å². The predicted octanol–water partition coefficient (Wildman–Crippen LogP) is 7.01. The molecule has 5 rings (SSSR count). The van der Waals surface area contributed by atoms with Gasteiger partial charge in [0.15, 0.2) is 0 Å². The minimum atomic E-state index is -0.270. The molecular formula is C26H22P2. The largest absolute Gasteiger partial charge is 0.0622 e. The number of rotatable bonds is 4. The Bertz CT molecular complexity index is 835. The summed E-state index contributed by atoms with van der Waals surface area (Å²) in [7, 11) is -0.541. The van der Waals surface area contributed by atoms with Crippen molar-refractivity contribution in [2.45, 2.75) is 11.3 Å². The predicted molar refractivity (Wildman–Crippen MR) is 124 cm³/mol. The molecule has 28 heavy (non-hydrogen) atoms. The van der Waals surface area contributed by atoms with E-state index in [0.717, 1.165) is 0 Å². The zero-order valence-electron chi connectivity index (χ0n) is 15.6. The fourth-order valence-electron chi connectivity index (χ4n) is 4.14. The minimum absolute atomic E-state index is 0.270. The average molecular weight is 396 g/mol. The maximum atomic E-state index is 2.35. The van der Waals surface area contributed by atoms with Crippen LogP contribution >= 0.6 is 15.2 Å². The molecule has 4 atom stereocenters. The molecule has 4 unspecified atom stereocenters. The van der Waals surface area contributed by atoms with E-state index in [-0.39, 0.29) is 15.2 Å². The molecular weight excluding hydrogens is 374 g/mol. The zero-order chi connectivity index (χ0) is 18.8. The molecule has 0 amide bonds. The fourth-order valence-corrected chi connectivity index (χ4v) is 13.9. The van der Waals surface area contributed by atoms with Gasteiger partial charge in [0.05, 0.1) is 0 Å². The summed E-state index contributed by atoms with van der Waals surface area (Å²) in [5.41, 5.74) is 4.13. The standard InChI is InChI=1S/C26H22P2/c1-5-13-21(14-6-1)25-26(22-15-7-2-8-16-22)28(24-19-11-4-12-20-24)27(25)23-17-9-3-10-18-23/h1-20,25-26H. The summed E-state index contributed by atoms with van der Waals surface area (Å²) in [6.07, 6.45) is 0. The summed E-state index contributed by atoms with van der Waals surface area (Å²) >= 11 is 0. The molecule has 0 radical (unpaired) electrons. The van der Waals surface area contributed by atoms with Gasteiger partial charge in [0.2, 0.25) is 0 Å². The molecule has 0 spiro atoms. The van der Waals surface area contributed by atoms with Crippen LogP contribution in [-0.4, -0.2) is 0 Å². The third-order valence-electron chi connectivity index (χ3n) is 5.38. The van der Waals surface area contributed by atoms with Crippen molar-refractivity contribution in [2.24, 2.45) is 0 Å². The monoisotopic (exact) mass is 396 g/mol. The summed E-state index contributed by atoms with van der Waals surface area (Å²) in [4.78, 5) is 0. The Hall–Kier alpha value is -2.26. The van der Waals surface area contributed by atoms with Crippen LogP contribution in [0, 0.1) is 0 Å². The minimum Gasteiger partial charge on any atom is -0.0622 e. The maximum Gasteiger partial charge on any atom is 0.0238 e. The van der Waals surface area contributed by atoms with Crippen molar-refractivity contribution in [3.63, 3.8) is 0 Å². The van der Waals surface area contributed by atoms with E-state index in [2.05, 4.69) is 121 Å².